The van der Waals surface area contributed by atoms with Crippen molar-refractivity contribution in [2.24, 2.45) is 0 Å². The standard InChI is InChI=1S/C11H11BrF2N2O2/c1-18-10(17)7-2-3-8(9(12)15-7)16-5-4-11(13,14)6-16/h2-3H,4-6H2,1H3. The normalized spacial score (nSPS) is 17.9. The Labute approximate surface area is 111 Å². The highest BCUT2D eigenvalue weighted by atomic mass is 79.9. The highest BCUT2D eigenvalue weighted by Gasteiger charge is 2.39. The van der Waals surface area contributed by atoms with Crippen molar-refractivity contribution in [2.45, 2.75) is 12.3 Å². The van der Waals surface area contributed by atoms with Gasteiger partial charge in [0.15, 0.2) is 0 Å². The summed E-state index contributed by atoms with van der Waals surface area (Å²) < 4.78 is 31.1. The minimum atomic E-state index is -2.67. The summed E-state index contributed by atoms with van der Waals surface area (Å²) in [7, 11) is 1.26. The molecule has 0 unspecified atom stereocenters. The van der Waals surface area contributed by atoms with E-state index < -0.39 is 11.9 Å². The van der Waals surface area contributed by atoms with Crippen molar-refractivity contribution in [1.29, 1.82) is 0 Å². The maximum Gasteiger partial charge on any atom is 0.356 e. The van der Waals surface area contributed by atoms with Gasteiger partial charge in [-0.25, -0.2) is 18.6 Å². The second kappa shape index (κ2) is 4.79. The summed E-state index contributed by atoms with van der Waals surface area (Å²) in [6.07, 6.45) is -0.168. The van der Waals surface area contributed by atoms with Gasteiger partial charge in [0, 0.05) is 13.0 Å². The number of esters is 1. The number of pyridine rings is 1. The van der Waals surface area contributed by atoms with Gasteiger partial charge in [-0.15, -0.1) is 0 Å². The molecule has 1 aromatic rings. The Morgan fingerprint density at radius 2 is 2.28 bits per heavy atom. The Kier molecular flexibility index (Phi) is 3.52. The minimum Gasteiger partial charge on any atom is -0.464 e. The lowest BCUT2D eigenvalue weighted by Gasteiger charge is -2.19. The van der Waals surface area contributed by atoms with E-state index in [0.29, 0.717) is 10.3 Å². The number of alkyl halides is 2. The van der Waals surface area contributed by atoms with Gasteiger partial charge >= 0.3 is 5.97 Å². The van der Waals surface area contributed by atoms with Crippen LogP contribution in [0.3, 0.4) is 0 Å². The molecule has 4 nitrogen and oxygen atoms in total. The third-order valence-electron chi connectivity index (χ3n) is 2.73. The van der Waals surface area contributed by atoms with Crippen LogP contribution in [0.5, 0.6) is 0 Å². The first-order valence-corrected chi connectivity index (χ1v) is 6.10. The van der Waals surface area contributed by atoms with Gasteiger partial charge in [-0.05, 0) is 28.1 Å². The fourth-order valence-electron chi connectivity index (χ4n) is 1.82. The van der Waals surface area contributed by atoms with E-state index >= 15 is 0 Å². The largest absolute Gasteiger partial charge is 0.464 e. The van der Waals surface area contributed by atoms with E-state index in [4.69, 9.17) is 0 Å². The number of rotatable bonds is 2. The second-order valence-electron chi connectivity index (χ2n) is 4.03. The predicted molar refractivity (Wildman–Crippen MR) is 65.1 cm³/mol. The Morgan fingerprint density at radius 3 is 2.78 bits per heavy atom. The van der Waals surface area contributed by atoms with Crippen molar-refractivity contribution < 1.29 is 18.3 Å². The maximum atomic E-state index is 13.1. The van der Waals surface area contributed by atoms with Crippen LogP contribution < -0.4 is 4.90 Å². The number of methoxy groups -OCH3 is 1. The number of ether oxygens (including phenoxy) is 1. The number of hydrogen-bond acceptors (Lipinski definition) is 4. The Morgan fingerprint density at radius 1 is 1.56 bits per heavy atom. The average molecular weight is 321 g/mol. The van der Waals surface area contributed by atoms with Crippen molar-refractivity contribution in [1.82, 2.24) is 4.98 Å². The number of halogens is 3. The first-order chi connectivity index (χ1) is 8.43. The van der Waals surface area contributed by atoms with Gasteiger partial charge in [0.2, 0.25) is 0 Å². The summed E-state index contributed by atoms with van der Waals surface area (Å²) in [4.78, 5) is 16.8. The smallest absolute Gasteiger partial charge is 0.356 e. The molecule has 0 aliphatic carbocycles. The van der Waals surface area contributed by atoms with Gasteiger partial charge in [0.25, 0.3) is 5.92 Å². The molecule has 0 aromatic carbocycles. The van der Waals surface area contributed by atoms with Gasteiger partial charge in [-0.2, -0.15) is 0 Å². The van der Waals surface area contributed by atoms with E-state index in [-0.39, 0.29) is 25.2 Å². The SMILES string of the molecule is COC(=O)c1ccc(N2CCC(F)(F)C2)c(Br)n1. The quantitative estimate of drug-likeness (QED) is 0.620. The topological polar surface area (TPSA) is 42.4 Å². The highest BCUT2D eigenvalue weighted by Crippen LogP contribution is 2.34. The monoisotopic (exact) mass is 320 g/mol. The van der Waals surface area contributed by atoms with Crippen molar-refractivity contribution in [3.05, 3.63) is 22.4 Å². The summed E-state index contributed by atoms with van der Waals surface area (Å²) in [5.74, 6) is -3.23. The molecule has 1 aromatic heterocycles. The fraction of sp³-hybridized carbons (Fsp3) is 0.455. The molecule has 0 bridgehead atoms. The van der Waals surface area contributed by atoms with Gasteiger partial charge < -0.3 is 9.64 Å². The van der Waals surface area contributed by atoms with Gasteiger partial charge in [0.1, 0.15) is 10.3 Å². The average Bonchev–Trinajstić information content (AvgIpc) is 2.68. The highest BCUT2D eigenvalue weighted by molar-refractivity contribution is 9.10. The predicted octanol–water partition coefficient (Wildman–Crippen LogP) is 2.48. The lowest BCUT2D eigenvalue weighted by molar-refractivity contribution is 0.0257. The third-order valence-corrected chi connectivity index (χ3v) is 3.32. The first-order valence-electron chi connectivity index (χ1n) is 5.30. The summed E-state index contributed by atoms with van der Waals surface area (Å²) in [5, 5.41) is 0. The third kappa shape index (κ3) is 2.60. The number of carbonyl (C=O) groups is 1. The number of anilines is 1. The zero-order valence-corrected chi connectivity index (χ0v) is 11.2. The van der Waals surface area contributed by atoms with Gasteiger partial charge in [0.05, 0.1) is 19.3 Å². The molecule has 0 radical (unpaired) electrons. The molecule has 98 valence electrons. The van der Waals surface area contributed by atoms with E-state index in [2.05, 4.69) is 25.7 Å². The molecule has 18 heavy (non-hydrogen) atoms. The molecule has 7 heteroatoms. The molecule has 0 amide bonds. The molecular weight excluding hydrogens is 310 g/mol. The number of hydrogen-bond donors (Lipinski definition) is 0. The molecule has 0 atom stereocenters. The van der Waals surface area contributed by atoms with E-state index in [9.17, 15) is 13.6 Å². The fourth-order valence-corrected chi connectivity index (χ4v) is 2.40. The van der Waals surface area contributed by atoms with Crippen molar-refractivity contribution in [3.63, 3.8) is 0 Å². The molecule has 0 N–H and O–H groups in total. The molecule has 2 heterocycles. The zero-order valence-electron chi connectivity index (χ0n) is 9.62. The molecular formula is C11H11BrF2N2O2. The van der Waals surface area contributed by atoms with E-state index in [1.54, 1.807) is 6.07 Å². The van der Waals surface area contributed by atoms with Crippen LogP contribution in [0.2, 0.25) is 0 Å². The minimum absolute atomic E-state index is 0.138. The summed E-state index contributed by atoms with van der Waals surface area (Å²) in [6.45, 7) is -0.0598. The Hall–Kier alpha value is -1.24. The number of nitrogens with zero attached hydrogens (tertiary/aromatic N) is 2. The molecule has 1 saturated heterocycles. The van der Waals surface area contributed by atoms with Crippen LogP contribution in [0, 0.1) is 0 Å². The van der Waals surface area contributed by atoms with Crippen LogP contribution in [0.4, 0.5) is 14.5 Å². The molecule has 1 aliphatic rings. The van der Waals surface area contributed by atoms with Gasteiger partial charge in [-0.3, -0.25) is 0 Å². The van der Waals surface area contributed by atoms with Crippen molar-refractivity contribution in [3.8, 4) is 0 Å². The summed E-state index contributed by atoms with van der Waals surface area (Å²) in [6, 6.07) is 3.05. The Bertz CT molecular complexity index is 482. The van der Waals surface area contributed by atoms with Crippen molar-refractivity contribution >= 4 is 27.6 Å². The zero-order chi connectivity index (χ0) is 13.3. The Balaban J connectivity index is 2.23. The van der Waals surface area contributed by atoms with Crippen LogP contribution in [-0.2, 0) is 4.74 Å². The molecule has 2 rings (SSSR count). The molecule has 0 spiro atoms. The second-order valence-corrected chi connectivity index (χ2v) is 4.78. The van der Waals surface area contributed by atoms with Crippen molar-refractivity contribution in [2.75, 3.05) is 25.1 Å². The lowest BCUT2D eigenvalue weighted by atomic mass is 10.3. The number of aromatic nitrogens is 1. The van der Waals surface area contributed by atoms with E-state index in [1.807, 2.05) is 0 Å². The maximum absolute atomic E-state index is 13.1. The van der Waals surface area contributed by atoms with E-state index in [0.717, 1.165) is 0 Å². The van der Waals surface area contributed by atoms with Crippen LogP contribution in [0.25, 0.3) is 0 Å². The van der Waals surface area contributed by atoms with E-state index in [1.165, 1.54) is 18.1 Å². The number of carbonyl (C=O) groups excluding carboxylic acids is 1. The van der Waals surface area contributed by atoms with Crippen LogP contribution >= 0.6 is 15.9 Å². The molecule has 1 aliphatic heterocycles. The first kappa shape index (κ1) is 13.2. The molecule has 0 saturated carbocycles. The summed E-state index contributed by atoms with van der Waals surface area (Å²) in [5.41, 5.74) is 0.693. The van der Waals surface area contributed by atoms with Crippen LogP contribution in [-0.4, -0.2) is 37.1 Å². The lowest BCUT2D eigenvalue weighted by Crippen LogP contribution is -2.25. The summed E-state index contributed by atoms with van der Waals surface area (Å²) >= 11 is 3.19. The van der Waals surface area contributed by atoms with Gasteiger partial charge in [-0.1, -0.05) is 0 Å². The molecule has 1 fully saturated rings. The van der Waals surface area contributed by atoms with Crippen LogP contribution in [0.1, 0.15) is 16.9 Å². The van der Waals surface area contributed by atoms with Crippen LogP contribution in [0.15, 0.2) is 16.7 Å².